The zero-order valence-corrected chi connectivity index (χ0v) is 16.3. The van der Waals surface area contributed by atoms with Gasteiger partial charge >= 0.3 is 22.4 Å². The van der Waals surface area contributed by atoms with Crippen molar-refractivity contribution in [3.63, 3.8) is 0 Å². The van der Waals surface area contributed by atoms with Crippen molar-refractivity contribution in [2.45, 2.75) is 38.8 Å². The SMILES string of the molecule is CC(C)(COS(=O)(=O)ON1C(=O)N2C[C@H]1CC[C@H]2C(=O)NOCCN)C(=O)O. The maximum Gasteiger partial charge on any atom is 0.421 e. The van der Waals surface area contributed by atoms with E-state index < -0.39 is 52.4 Å². The predicted octanol–water partition coefficient (Wildman–Crippen LogP) is -1.43. The van der Waals surface area contributed by atoms with Gasteiger partial charge in [0.15, 0.2) is 0 Å². The number of aliphatic carboxylic acids is 1. The van der Waals surface area contributed by atoms with E-state index in [9.17, 15) is 22.8 Å². The van der Waals surface area contributed by atoms with E-state index in [1.165, 1.54) is 18.7 Å². The Morgan fingerprint density at radius 3 is 2.64 bits per heavy atom. The van der Waals surface area contributed by atoms with Crippen LogP contribution in [0.2, 0.25) is 0 Å². The molecule has 2 aliphatic rings. The summed E-state index contributed by atoms with van der Waals surface area (Å²) < 4.78 is 33.4. The molecule has 2 fully saturated rings. The standard InChI is InChI=1S/C14H24N4O9S/c1-14(2,12(20)21)8-26-28(23,24)27-18-9-3-4-10(17(7-9)13(18)22)11(19)16-25-6-5-15/h9-10H,3-8,15H2,1-2H3,(H,16,19)(H,20,21)/t9-,10+/m1/s1. The minimum absolute atomic E-state index is 0.0872. The molecule has 4 N–H and O–H groups in total. The summed E-state index contributed by atoms with van der Waals surface area (Å²) >= 11 is 0. The lowest BCUT2D eigenvalue weighted by atomic mass is 9.96. The number of carboxylic acid groups (broad SMARTS) is 1. The van der Waals surface area contributed by atoms with E-state index in [0.29, 0.717) is 11.5 Å². The number of urea groups is 1. The Bertz CT molecular complexity index is 726. The smallest absolute Gasteiger partial charge is 0.421 e. The zero-order valence-electron chi connectivity index (χ0n) is 15.5. The van der Waals surface area contributed by atoms with E-state index in [2.05, 4.69) is 9.66 Å². The number of hydroxylamine groups is 3. The number of hydrogen-bond acceptors (Lipinski definition) is 9. The summed E-state index contributed by atoms with van der Waals surface area (Å²) in [5, 5.41) is 9.64. The summed E-state index contributed by atoms with van der Waals surface area (Å²) in [6, 6.07) is -2.25. The van der Waals surface area contributed by atoms with E-state index in [0.717, 1.165) is 0 Å². The van der Waals surface area contributed by atoms with Crippen molar-refractivity contribution in [3.05, 3.63) is 0 Å². The third kappa shape index (κ3) is 5.08. The summed E-state index contributed by atoms with van der Waals surface area (Å²) in [7, 11) is -4.68. The number of nitrogens with zero attached hydrogens (tertiary/aromatic N) is 2. The number of nitrogens with one attached hydrogen (secondary N) is 1. The quantitative estimate of drug-likeness (QED) is 0.278. The molecule has 0 saturated carbocycles. The molecule has 0 radical (unpaired) electrons. The molecule has 0 aromatic carbocycles. The molecule has 2 bridgehead atoms. The molecular formula is C14H24N4O9S. The predicted molar refractivity (Wildman–Crippen MR) is 91.3 cm³/mol. The molecule has 0 aromatic rings. The molecule has 0 spiro atoms. The van der Waals surface area contributed by atoms with Crippen molar-refractivity contribution in [2.75, 3.05) is 26.3 Å². The molecule has 160 valence electrons. The molecule has 13 nitrogen and oxygen atoms in total. The fourth-order valence-electron chi connectivity index (χ4n) is 2.65. The normalized spacial score (nSPS) is 22.5. The second kappa shape index (κ2) is 8.57. The van der Waals surface area contributed by atoms with E-state index in [4.69, 9.17) is 20.0 Å². The van der Waals surface area contributed by atoms with E-state index in [1.807, 2.05) is 0 Å². The second-order valence-electron chi connectivity index (χ2n) is 7.05. The Hall–Kier alpha value is -2.00. The van der Waals surface area contributed by atoms with Crippen LogP contribution in [0.15, 0.2) is 0 Å². The maximum absolute atomic E-state index is 12.5. The van der Waals surface area contributed by atoms with Gasteiger partial charge in [-0.2, -0.15) is 13.5 Å². The van der Waals surface area contributed by atoms with Crippen LogP contribution in [-0.2, 0) is 33.3 Å². The number of amides is 3. The first-order valence-electron chi connectivity index (χ1n) is 8.52. The molecule has 0 aromatic heterocycles. The first kappa shape index (κ1) is 22.3. The average Bonchev–Trinajstić information content (AvgIpc) is 2.85. The largest absolute Gasteiger partial charge is 0.481 e. The van der Waals surface area contributed by atoms with Gasteiger partial charge in [-0.3, -0.25) is 14.4 Å². The van der Waals surface area contributed by atoms with Crippen molar-refractivity contribution < 1.29 is 41.2 Å². The molecule has 14 heteroatoms. The topological polar surface area (TPSA) is 178 Å². The average molecular weight is 424 g/mol. The van der Waals surface area contributed by atoms with Crippen molar-refractivity contribution in [1.82, 2.24) is 15.4 Å². The number of piperidine rings is 1. The van der Waals surface area contributed by atoms with Crippen LogP contribution in [-0.4, -0.2) is 79.8 Å². The Morgan fingerprint density at radius 2 is 2.04 bits per heavy atom. The fourth-order valence-corrected chi connectivity index (χ4v) is 3.52. The Balaban J connectivity index is 1.98. The highest BCUT2D eigenvalue weighted by atomic mass is 32.3. The van der Waals surface area contributed by atoms with Crippen LogP contribution in [0, 0.1) is 5.41 Å². The summed E-state index contributed by atoms with van der Waals surface area (Å²) in [6.45, 7) is 2.27. The van der Waals surface area contributed by atoms with Gasteiger partial charge in [-0.25, -0.2) is 14.5 Å². The van der Waals surface area contributed by atoms with Crippen LogP contribution in [0.5, 0.6) is 0 Å². The number of hydrogen-bond donors (Lipinski definition) is 3. The van der Waals surface area contributed by atoms with Crippen molar-refractivity contribution in [1.29, 1.82) is 0 Å². The van der Waals surface area contributed by atoms with Crippen molar-refractivity contribution in [3.8, 4) is 0 Å². The van der Waals surface area contributed by atoms with Crippen LogP contribution in [0.25, 0.3) is 0 Å². The number of fused-ring (bicyclic) bond motifs is 2. The summed E-state index contributed by atoms with van der Waals surface area (Å²) in [5.74, 6) is -1.81. The molecule has 2 saturated heterocycles. The summed E-state index contributed by atoms with van der Waals surface area (Å²) in [4.78, 5) is 41.7. The fraction of sp³-hybridized carbons (Fsp3) is 0.786. The molecule has 0 unspecified atom stereocenters. The van der Waals surface area contributed by atoms with E-state index >= 15 is 0 Å². The summed E-state index contributed by atoms with van der Waals surface area (Å²) in [5.41, 5.74) is 5.98. The lowest BCUT2D eigenvalue weighted by Crippen LogP contribution is -2.50. The highest BCUT2D eigenvalue weighted by molar-refractivity contribution is 7.81. The van der Waals surface area contributed by atoms with Gasteiger partial charge in [0.05, 0.1) is 24.7 Å². The first-order valence-corrected chi connectivity index (χ1v) is 9.86. The zero-order chi connectivity index (χ0) is 21.1. The van der Waals surface area contributed by atoms with Crippen LogP contribution >= 0.6 is 0 Å². The van der Waals surface area contributed by atoms with Crippen LogP contribution in [0.1, 0.15) is 26.7 Å². The number of carbonyl (C=O) groups is 3. The maximum atomic E-state index is 12.5. The molecule has 2 atom stereocenters. The minimum atomic E-state index is -4.68. The van der Waals surface area contributed by atoms with Gasteiger partial charge in [0.1, 0.15) is 6.04 Å². The molecule has 3 amide bonds. The molecule has 2 aliphatic heterocycles. The number of nitrogens with two attached hydrogens (primary N) is 1. The Morgan fingerprint density at radius 1 is 1.36 bits per heavy atom. The Labute approximate surface area is 161 Å². The highest BCUT2D eigenvalue weighted by Crippen LogP contribution is 2.31. The number of rotatable bonds is 10. The highest BCUT2D eigenvalue weighted by Gasteiger charge is 2.49. The third-order valence-corrected chi connectivity index (χ3v) is 5.08. The van der Waals surface area contributed by atoms with Gasteiger partial charge in [0, 0.05) is 13.1 Å². The van der Waals surface area contributed by atoms with E-state index in [-0.39, 0.29) is 26.1 Å². The lowest BCUT2D eigenvalue weighted by molar-refractivity contribution is -0.148. The van der Waals surface area contributed by atoms with E-state index in [1.54, 1.807) is 0 Å². The minimum Gasteiger partial charge on any atom is -0.481 e. The monoisotopic (exact) mass is 424 g/mol. The van der Waals surface area contributed by atoms with Gasteiger partial charge in [0.2, 0.25) is 0 Å². The molecule has 28 heavy (non-hydrogen) atoms. The van der Waals surface area contributed by atoms with Crippen LogP contribution in [0.4, 0.5) is 4.79 Å². The second-order valence-corrected chi connectivity index (χ2v) is 8.25. The first-order chi connectivity index (χ1) is 13.0. The number of carbonyl (C=O) groups excluding carboxylic acids is 2. The van der Waals surface area contributed by atoms with Gasteiger partial charge in [-0.15, -0.1) is 4.28 Å². The summed E-state index contributed by atoms with van der Waals surface area (Å²) in [6.07, 6.45) is 0.592. The van der Waals surface area contributed by atoms with Gasteiger partial charge in [-0.05, 0) is 26.7 Å². The van der Waals surface area contributed by atoms with Gasteiger partial charge in [-0.1, -0.05) is 0 Å². The van der Waals surface area contributed by atoms with Gasteiger partial charge in [0.25, 0.3) is 5.91 Å². The van der Waals surface area contributed by atoms with Crippen molar-refractivity contribution >= 4 is 28.3 Å². The molecule has 0 aliphatic carbocycles. The van der Waals surface area contributed by atoms with Gasteiger partial charge < -0.3 is 15.7 Å². The molecule has 2 heterocycles. The Kier molecular flexibility index (Phi) is 6.82. The van der Waals surface area contributed by atoms with Crippen LogP contribution < -0.4 is 11.2 Å². The molecular weight excluding hydrogens is 400 g/mol. The lowest BCUT2D eigenvalue weighted by Gasteiger charge is -2.28. The molecule has 2 rings (SSSR count). The number of carboxylic acids is 1. The van der Waals surface area contributed by atoms with Crippen LogP contribution in [0.3, 0.4) is 0 Å². The van der Waals surface area contributed by atoms with Crippen molar-refractivity contribution in [2.24, 2.45) is 11.1 Å². The third-order valence-electron chi connectivity index (χ3n) is 4.33.